The van der Waals surface area contributed by atoms with Crippen LogP contribution in [0.4, 0.5) is 5.00 Å². The first-order valence-corrected chi connectivity index (χ1v) is 12.0. The van der Waals surface area contributed by atoms with Crippen molar-refractivity contribution in [3.05, 3.63) is 40.3 Å². The van der Waals surface area contributed by atoms with E-state index < -0.39 is 0 Å². The zero-order chi connectivity index (χ0) is 21.8. The lowest BCUT2D eigenvalue weighted by Crippen LogP contribution is -2.14. The number of nitriles is 1. The molecule has 7 nitrogen and oxygen atoms in total. The van der Waals surface area contributed by atoms with Crippen molar-refractivity contribution < 1.29 is 9.53 Å². The van der Waals surface area contributed by atoms with Crippen LogP contribution >= 0.6 is 23.1 Å². The summed E-state index contributed by atoms with van der Waals surface area (Å²) in [6.45, 7) is 2.50. The molecule has 4 rings (SSSR count). The van der Waals surface area contributed by atoms with Gasteiger partial charge in [-0.25, -0.2) is 0 Å². The standard InChI is InChI=1S/C22H23N5O2S2/c1-3-29-17-10-6-4-9-15(17)20-25-26-22(27(20)2)30-13-19(28)24-21-16(12-23)14-8-5-7-11-18(14)31-21/h4,6,9-10H,3,5,7-8,11,13H2,1-2H3,(H,24,28). The first kappa shape index (κ1) is 21.4. The van der Waals surface area contributed by atoms with Crippen molar-refractivity contribution in [2.45, 2.75) is 37.8 Å². The van der Waals surface area contributed by atoms with Crippen LogP contribution in [0.15, 0.2) is 29.4 Å². The fourth-order valence-corrected chi connectivity index (χ4v) is 5.64. The van der Waals surface area contributed by atoms with E-state index in [-0.39, 0.29) is 11.7 Å². The molecule has 31 heavy (non-hydrogen) atoms. The van der Waals surface area contributed by atoms with Gasteiger partial charge in [0, 0.05) is 11.9 Å². The van der Waals surface area contributed by atoms with Gasteiger partial charge in [0.15, 0.2) is 11.0 Å². The summed E-state index contributed by atoms with van der Waals surface area (Å²) in [5, 5.41) is 22.4. The maximum Gasteiger partial charge on any atom is 0.235 e. The van der Waals surface area contributed by atoms with Gasteiger partial charge in [0.05, 0.1) is 23.5 Å². The number of carbonyl (C=O) groups is 1. The molecule has 3 aromatic rings. The maximum absolute atomic E-state index is 12.6. The fourth-order valence-electron chi connectivity index (χ4n) is 3.67. The molecule has 1 N–H and O–H groups in total. The van der Waals surface area contributed by atoms with Crippen molar-refractivity contribution in [1.82, 2.24) is 14.8 Å². The molecular formula is C22H23N5O2S2. The third kappa shape index (κ3) is 4.45. The summed E-state index contributed by atoms with van der Waals surface area (Å²) in [5.41, 5.74) is 2.61. The van der Waals surface area contributed by atoms with E-state index >= 15 is 0 Å². The smallest absolute Gasteiger partial charge is 0.235 e. The monoisotopic (exact) mass is 453 g/mol. The van der Waals surface area contributed by atoms with Crippen LogP contribution in [0.2, 0.25) is 0 Å². The number of aromatic nitrogens is 3. The van der Waals surface area contributed by atoms with E-state index in [0.29, 0.717) is 28.2 Å². The second-order valence-electron chi connectivity index (χ2n) is 7.16. The first-order chi connectivity index (χ1) is 15.1. The number of thioether (sulfide) groups is 1. The fraction of sp³-hybridized carbons (Fsp3) is 0.364. The summed E-state index contributed by atoms with van der Waals surface area (Å²) in [4.78, 5) is 13.8. The average molecular weight is 454 g/mol. The van der Waals surface area contributed by atoms with Gasteiger partial charge in [0.25, 0.3) is 0 Å². The summed E-state index contributed by atoms with van der Waals surface area (Å²) in [7, 11) is 1.87. The van der Waals surface area contributed by atoms with Crippen molar-refractivity contribution >= 4 is 34.0 Å². The van der Waals surface area contributed by atoms with Crippen LogP contribution < -0.4 is 10.1 Å². The Hall–Kier alpha value is -2.83. The largest absolute Gasteiger partial charge is 0.493 e. The summed E-state index contributed by atoms with van der Waals surface area (Å²) in [6, 6.07) is 9.98. The van der Waals surface area contributed by atoms with Crippen LogP contribution in [0.3, 0.4) is 0 Å². The highest BCUT2D eigenvalue weighted by atomic mass is 32.2. The number of fused-ring (bicyclic) bond motifs is 1. The third-order valence-corrected chi connectivity index (χ3v) is 7.36. The number of rotatable bonds is 7. The highest BCUT2D eigenvalue weighted by Crippen LogP contribution is 2.37. The molecule has 0 saturated carbocycles. The summed E-state index contributed by atoms with van der Waals surface area (Å²) in [6.07, 6.45) is 4.15. The Kier molecular flexibility index (Phi) is 6.59. The number of para-hydroxylation sites is 1. The third-order valence-electron chi connectivity index (χ3n) is 5.13. The molecule has 0 saturated heterocycles. The number of hydrogen-bond acceptors (Lipinski definition) is 7. The Morgan fingerprint density at radius 3 is 2.94 bits per heavy atom. The SMILES string of the molecule is CCOc1ccccc1-c1nnc(SCC(=O)Nc2sc3c(c2C#N)CCCC3)n1C. The molecule has 0 bridgehead atoms. The molecule has 1 aliphatic rings. The Morgan fingerprint density at radius 1 is 1.32 bits per heavy atom. The van der Waals surface area contributed by atoms with Crippen molar-refractivity contribution in [1.29, 1.82) is 5.26 Å². The van der Waals surface area contributed by atoms with Crippen LogP contribution in [0.5, 0.6) is 5.75 Å². The van der Waals surface area contributed by atoms with E-state index in [0.717, 1.165) is 42.6 Å². The van der Waals surface area contributed by atoms with Gasteiger partial charge >= 0.3 is 0 Å². The molecule has 0 radical (unpaired) electrons. The zero-order valence-corrected chi connectivity index (χ0v) is 19.1. The number of benzene rings is 1. The number of anilines is 1. The van der Waals surface area contributed by atoms with Crippen LogP contribution in [0, 0.1) is 11.3 Å². The number of nitrogens with one attached hydrogen (secondary N) is 1. The zero-order valence-electron chi connectivity index (χ0n) is 17.5. The van der Waals surface area contributed by atoms with Gasteiger partial charge in [0.1, 0.15) is 16.8 Å². The molecule has 0 aliphatic heterocycles. The summed E-state index contributed by atoms with van der Waals surface area (Å²) < 4.78 is 7.56. The highest BCUT2D eigenvalue weighted by molar-refractivity contribution is 7.99. The van der Waals surface area contributed by atoms with Crippen LogP contribution in [-0.2, 0) is 24.7 Å². The molecule has 0 fully saturated rings. The van der Waals surface area contributed by atoms with Crippen LogP contribution in [-0.4, -0.2) is 33.0 Å². The summed E-state index contributed by atoms with van der Waals surface area (Å²) in [5.74, 6) is 1.47. The molecule has 0 atom stereocenters. The second-order valence-corrected chi connectivity index (χ2v) is 9.21. The Balaban J connectivity index is 1.45. The number of nitrogens with zero attached hydrogens (tertiary/aromatic N) is 4. The Bertz CT molecular complexity index is 1150. The molecular weight excluding hydrogens is 430 g/mol. The van der Waals surface area contributed by atoms with Crippen molar-refractivity contribution in [2.24, 2.45) is 7.05 Å². The van der Waals surface area contributed by atoms with Gasteiger partial charge in [-0.3, -0.25) is 4.79 Å². The number of thiophene rings is 1. The number of ether oxygens (including phenoxy) is 1. The van der Waals surface area contributed by atoms with E-state index in [1.54, 1.807) is 0 Å². The van der Waals surface area contributed by atoms with Crippen LogP contribution in [0.25, 0.3) is 11.4 Å². The Labute approximate surface area is 189 Å². The van der Waals surface area contributed by atoms with Gasteiger partial charge < -0.3 is 14.6 Å². The van der Waals surface area contributed by atoms with Crippen LogP contribution in [0.1, 0.15) is 35.8 Å². The van der Waals surface area contributed by atoms with Gasteiger partial charge in [-0.05, 0) is 50.3 Å². The lowest BCUT2D eigenvalue weighted by molar-refractivity contribution is -0.113. The van der Waals surface area contributed by atoms with E-state index in [1.165, 1.54) is 28.0 Å². The minimum atomic E-state index is -0.153. The predicted octanol–water partition coefficient (Wildman–Crippen LogP) is 4.42. The van der Waals surface area contributed by atoms with Crippen molar-refractivity contribution in [3.8, 4) is 23.2 Å². The predicted molar refractivity (Wildman–Crippen MR) is 123 cm³/mol. The minimum absolute atomic E-state index is 0.153. The molecule has 1 aromatic carbocycles. The molecule has 2 aromatic heterocycles. The lowest BCUT2D eigenvalue weighted by atomic mass is 9.96. The number of hydrogen-bond donors (Lipinski definition) is 1. The number of carbonyl (C=O) groups excluding carboxylic acids is 1. The average Bonchev–Trinajstić information content (AvgIpc) is 3.32. The quantitative estimate of drug-likeness (QED) is 0.532. The Morgan fingerprint density at radius 2 is 2.13 bits per heavy atom. The molecule has 1 aliphatic carbocycles. The molecule has 2 heterocycles. The van der Waals surface area contributed by atoms with E-state index in [4.69, 9.17) is 4.74 Å². The summed E-state index contributed by atoms with van der Waals surface area (Å²) >= 11 is 2.85. The molecule has 0 spiro atoms. The maximum atomic E-state index is 12.6. The molecule has 160 valence electrons. The van der Waals surface area contributed by atoms with Gasteiger partial charge in [-0.1, -0.05) is 23.9 Å². The molecule has 0 unspecified atom stereocenters. The van der Waals surface area contributed by atoms with E-state index in [9.17, 15) is 10.1 Å². The first-order valence-electron chi connectivity index (χ1n) is 10.2. The van der Waals surface area contributed by atoms with Crippen molar-refractivity contribution in [2.75, 3.05) is 17.7 Å². The van der Waals surface area contributed by atoms with Gasteiger partial charge in [-0.2, -0.15) is 5.26 Å². The second kappa shape index (κ2) is 9.54. The molecule has 1 amide bonds. The van der Waals surface area contributed by atoms with E-state index in [1.807, 2.05) is 42.8 Å². The van der Waals surface area contributed by atoms with Crippen molar-refractivity contribution in [3.63, 3.8) is 0 Å². The van der Waals surface area contributed by atoms with Gasteiger partial charge in [0.2, 0.25) is 5.91 Å². The minimum Gasteiger partial charge on any atom is -0.493 e. The van der Waals surface area contributed by atoms with Gasteiger partial charge in [-0.15, -0.1) is 21.5 Å². The lowest BCUT2D eigenvalue weighted by Gasteiger charge is -2.09. The van der Waals surface area contributed by atoms with E-state index in [2.05, 4.69) is 21.6 Å². The number of amides is 1. The normalized spacial score (nSPS) is 12.8. The molecule has 9 heteroatoms. The number of aryl methyl sites for hydroxylation is 1. The highest BCUT2D eigenvalue weighted by Gasteiger charge is 2.22. The topological polar surface area (TPSA) is 92.8 Å².